The third kappa shape index (κ3) is 6.44. The molecule has 0 spiro atoms. The summed E-state index contributed by atoms with van der Waals surface area (Å²) in [6.45, 7) is 7.74. The number of ether oxygens (including phenoxy) is 2. The van der Waals surface area contributed by atoms with E-state index in [9.17, 15) is 9.59 Å². The number of hydrogen-bond acceptors (Lipinski definition) is 8. The van der Waals surface area contributed by atoms with Crippen LogP contribution in [0, 0.1) is 18.6 Å². The van der Waals surface area contributed by atoms with E-state index in [1.165, 1.54) is 38.5 Å². The molecule has 2 rings (SSSR count). The van der Waals surface area contributed by atoms with E-state index in [1.807, 2.05) is 13.8 Å². The van der Waals surface area contributed by atoms with Crippen LogP contribution in [-0.4, -0.2) is 26.2 Å². The SMILES string of the molecule is [CH2]C(CC)(CC)[C](OOC(=O)c1ccc(OC)cc1)OOC(=O)c1ccc(OC)cc1. The van der Waals surface area contributed by atoms with Gasteiger partial charge in [-0.05, 0) is 68.3 Å². The summed E-state index contributed by atoms with van der Waals surface area (Å²) in [6, 6.07) is 12.5. The topological polar surface area (TPSA) is 89.5 Å². The molecule has 2 radical (unpaired) electrons. The molecule has 0 fully saturated rings. The fourth-order valence-electron chi connectivity index (χ4n) is 2.43. The predicted octanol–water partition coefficient (Wildman–Crippen LogP) is 4.71. The summed E-state index contributed by atoms with van der Waals surface area (Å²) >= 11 is 0. The molecule has 0 aliphatic heterocycles. The molecule has 8 nitrogen and oxygen atoms in total. The number of hydrogen-bond donors (Lipinski definition) is 0. The molecule has 0 aliphatic rings. The van der Waals surface area contributed by atoms with Gasteiger partial charge in [-0.1, -0.05) is 13.8 Å². The van der Waals surface area contributed by atoms with Crippen molar-refractivity contribution in [1.29, 1.82) is 0 Å². The van der Waals surface area contributed by atoms with Gasteiger partial charge in [-0.25, -0.2) is 9.59 Å². The molecule has 8 heteroatoms. The lowest BCUT2D eigenvalue weighted by Crippen LogP contribution is -2.31. The van der Waals surface area contributed by atoms with Crippen LogP contribution in [0.1, 0.15) is 47.4 Å². The van der Waals surface area contributed by atoms with Crippen molar-refractivity contribution >= 4 is 11.9 Å². The maximum Gasteiger partial charge on any atom is 0.373 e. The second-order valence-corrected chi connectivity index (χ2v) is 6.64. The summed E-state index contributed by atoms with van der Waals surface area (Å²) in [5.74, 6) is -0.348. The van der Waals surface area contributed by atoms with Crippen LogP contribution in [0.5, 0.6) is 11.5 Å². The molecule has 2 aromatic rings. The average molecular weight is 430 g/mol. The lowest BCUT2D eigenvalue weighted by atomic mass is 9.84. The Morgan fingerprint density at radius 1 is 0.710 bits per heavy atom. The second kappa shape index (κ2) is 11.3. The molecular weight excluding hydrogens is 404 g/mol. The Bertz CT molecular complexity index is 777. The number of benzene rings is 2. The third-order valence-electron chi connectivity index (χ3n) is 4.82. The fraction of sp³-hybridized carbons (Fsp3) is 0.304. The molecule has 166 valence electrons. The summed E-state index contributed by atoms with van der Waals surface area (Å²) in [4.78, 5) is 44.6. The Morgan fingerprint density at radius 2 is 1.06 bits per heavy atom. The molecule has 0 aliphatic carbocycles. The molecule has 0 saturated heterocycles. The second-order valence-electron chi connectivity index (χ2n) is 6.64. The molecule has 0 N–H and O–H groups in total. The minimum absolute atomic E-state index is 0.234. The summed E-state index contributed by atoms with van der Waals surface area (Å²) in [7, 11) is 3.04. The van der Waals surface area contributed by atoms with Crippen molar-refractivity contribution in [3.05, 3.63) is 72.9 Å². The zero-order chi connectivity index (χ0) is 22.9. The van der Waals surface area contributed by atoms with E-state index in [4.69, 9.17) is 29.0 Å². The van der Waals surface area contributed by atoms with Gasteiger partial charge in [0, 0.05) is 5.41 Å². The van der Waals surface area contributed by atoms with Gasteiger partial charge in [-0.2, -0.15) is 0 Å². The van der Waals surface area contributed by atoms with Crippen molar-refractivity contribution in [2.24, 2.45) is 5.41 Å². The minimum Gasteiger partial charge on any atom is -0.497 e. The van der Waals surface area contributed by atoms with Crippen molar-refractivity contribution < 1.29 is 38.6 Å². The first-order valence-electron chi connectivity index (χ1n) is 9.65. The van der Waals surface area contributed by atoms with E-state index in [1.54, 1.807) is 24.3 Å². The third-order valence-corrected chi connectivity index (χ3v) is 4.82. The Balaban J connectivity index is 2.04. The molecule has 0 heterocycles. The number of carbonyl (C=O) groups is 2. The maximum atomic E-state index is 12.3. The molecule has 0 saturated carbocycles. The van der Waals surface area contributed by atoms with Gasteiger partial charge in [0.25, 0.3) is 0 Å². The van der Waals surface area contributed by atoms with Crippen LogP contribution in [0.25, 0.3) is 0 Å². The van der Waals surface area contributed by atoms with Crippen molar-refractivity contribution in [3.63, 3.8) is 0 Å². The van der Waals surface area contributed by atoms with Crippen LogP contribution in [0.2, 0.25) is 0 Å². The van der Waals surface area contributed by atoms with E-state index in [0.717, 1.165) is 0 Å². The zero-order valence-corrected chi connectivity index (χ0v) is 18.0. The van der Waals surface area contributed by atoms with Gasteiger partial charge in [0.05, 0.1) is 25.3 Å². The van der Waals surface area contributed by atoms with E-state index in [0.29, 0.717) is 24.3 Å². The van der Waals surface area contributed by atoms with E-state index in [2.05, 4.69) is 6.92 Å². The quantitative estimate of drug-likeness (QED) is 0.374. The molecule has 0 unspecified atom stereocenters. The molecule has 2 aromatic carbocycles. The molecule has 31 heavy (non-hydrogen) atoms. The Hall–Kier alpha value is -3.10. The lowest BCUT2D eigenvalue weighted by molar-refractivity contribution is -0.381. The monoisotopic (exact) mass is 430 g/mol. The van der Waals surface area contributed by atoms with Crippen molar-refractivity contribution in [2.75, 3.05) is 14.2 Å². The lowest BCUT2D eigenvalue weighted by Gasteiger charge is -2.30. The Kier molecular flexibility index (Phi) is 8.84. The van der Waals surface area contributed by atoms with Crippen LogP contribution >= 0.6 is 0 Å². The van der Waals surface area contributed by atoms with Gasteiger partial charge in [0.2, 0.25) is 0 Å². The van der Waals surface area contributed by atoms with Gasteiger partial charge in [0.15, 0.2) is 0 Å². The summed E-state index contributed by atoms with van der Waals surface area (Å²) in [5, 5.41) is 0. The summed E-state index contributed by atoms with van der Waals surface area (Å²) < 4.78 is 10.1. The summed E-state index contributed by atoms with van der Waals surface area (Å²) in [6.07, 6.45) is 0.694. The standard InChI is InChI=1S/C23H26O8/c1-6-23(3,7-2)22(30-28-20(24)16-8-12-18(26-4)13-9-16)31-29-21(25)17-10-14-19(27-5)15-11-17/h8-15H,3,6-7H2,1-2,4-5H3. The highest BCUT2D eigenvalue weighted by Gasteiger charge is 2.40. The van der Waals surface area contributed by atoms with E-state index < -0.39 is 17.4 Å². The molecule has 0 bridgehead atoms. The first-order chi connectivity index (χ1) is 14.9. The van der Waals surface area contributed by atoms with Crippen molar-refractivity contribution in [1.82, 2.24) is 0 Å². The largest absolute Gasteiger partial charge is 0.497 e. The van der Waals surface area contributed by atoms with Gasteiger partial charge in [0.1, 0.15) is 11.5 Å². The molecular formula is C23H26O8. The smallest absolute Gasteiger partial charge is 0.373 e. The summed E-state index contributed by atoms with van der Waals surface area (Å²) in [5.41, 5.74) is -0.448. The fourth-order valence-corrected chi connectivity index (χ4v) is 2.43. The predicted molar refractivity (Wildman–Crippen MR) is 111 cm³/mol. The maximum absolute atomic E-state index is 12.3. The van der Waals surface area contributed by atoms with Crippen LogP contribution in [-0.2, 0) is 19.6 Å². The normalized spacial score (nSPS) is 11.2. The first-order valence-corrected chi connectivity index (χ1v) is 9.65. The number of methoxy groups -OCH3 is 2. The van der Waals surface area contributed by atoms with Gasteiger partial charge >= 0.3 is 18.2 Å². The Morgan fingerprint density at radius 3 is 1.35 bits per heavy atom. The Labute approximate surface area is 181 Å². The van der Waals surface area contributed by atoms with Crippen LogP contribution in [0.4, 0.5) is 0 Å². The van der Waals surface area contributed by atoms with Crippen LogP contribution in [0.3, 0.4) is 0 Å². The van der Waals surface area contributed by atoms with E-state index in [-0.39, 0.29) is 17.4 Å². The van der Waals surface area contributed by atoms with Crippen LogP contribution < -0.4 is 9.47 Å². The van der Waals surface area contributed by atoms with Crippen molar-refractivity contribution in [2.45, 2.75) is 26.7 Å². The van der Waals surface area contributed by atoms with E-state index >= 15 is 0 Å². The zero-order valence-electron chi connectivity index (χ0n) is 18.0. The van der Waals surface area contributed by atoms with Crippen molar-refractivity contribution in [3.8, 4) is 11.5 Å². The van der Waals surface area contributed by atoms with Gasteiger partial charge in [-0.15, -0.1) is 9.78 Å². The molecule has 0 amide bonds. The number of carbonyl (C=O) groups excluding carboxylic acids is 2. The highest BCUT2D eigenvalue weighted by atomic mass is 17.3. The average Bonchev–Trinajstić information content (AvgIpc) is 2.83. The highest BCUT2D eigenvalue weighted by Crippen LogP contribution is 2.38. The first kappa shape index (κ1) is 24.2. The van der Waals surface area contributed by atoms with Gasteiger partial charge < -0.3 is 9.47 Å². The molecule has 0 atom stereocenters. The molecule has 0 aromatic heterocycles. The number of rotatable bonds is 11. The minimum atomic E-state index is -0.916. The highest BCUT2D eigenvalue weighted by molar-refractivity contribution is 5.89. The van der Waals surface area contributed by atoms with Crippen LogP contribution in [0.15, 0.2) is 48.5 Å². The van der Waals surface area contributed by atoms with Gasteiger partial charge in [-0.3, -0.25) is 9.78 Å².